The third kappa shape index (κ3) is 4.37. The monoisotopic (exact) mass is 342 g/mol. The largest absolute Gasteiger partial charge is 0.332 e. The Morgan fingerprint density at radius 2 is 1.86 bits per heavy atom. The SMILES string of the molecule is CC(NC(=O)NC(C)c1ccc(Cl)cc1Cl)c1cccs1. The highest BCUT2D eigenvalue weighted by Gasteiger charge is 2.15. The lowest BCUT2D eigenvalue weighted by Gasteiger charge is -2.18. The fourth-order valence-corrected chi connectivity index (χ4v) is 3.28. The molecule has 2 aromatic rings. The molecule has 0 aliphatic carbocycles. The number of carbonyl (C=O) groups excluding carboxylic acids is 1. The molecule has 112 valence electrons. The van der Waals surface area contributed by atoms with E-state index >= 15 is 0 Å². The number of benzene rings is 1. The van der Waals surface area contributed by atoms with Crippen LogP contribution in [-0.2, 0) is 0 Å². The van der Waals surface area contributed by atoms with Gasteiger partial charge in [-0.25, -0.2) is 4.79 Å². The van der Waals surface area contributed by atoms with E-state index in [1.165, 1.54) is 0 Å². The van der Waals surface area contributed by atoms with Crippen LogP contribution in [0.15, 0.2) is 35.7 Å². The van der Waals surface area contributed by atoms with Crippen molar-refractivity contribution in [2.24, 2.45) is 0 Å². The molecule has 21 heavy (non-hydrogen) atoms. The summed E-state index contributed by atoms with van der Waals surface area (Å²) < 4.78 is 0. The van der Waals surface area contributed by atoms with Crippen LogP contribution in [0.1, 0.15) is 36.4 Å². The molecule has 0 aliphatic rings. The molecule has 0 spiro atoms. The number of thiophene rings is 1. The zero-order valence-corrected chi connectivity index (χ0v) is 14.0. The fraction of sp³-hybridized carbons (Fsp3) is 0.267. The van der Waals surface area contributed by atoms with Crippen LogP contribution in [0.3, 0.4) is 0 Å². The van der Waals surface area contributed by atoms with Gasteiger partial charge in [0.15, 0.2) is 0 Å². The van der Waals surface area contributed by atoms with Crippen molar-refractivity contribution in [1.82, 2.24) is 10.6 Å². The number of rotatable bonds is 4. The van der Waals surface area contributed by atoms with Crippen LogP contribution in [0.5, 0.6) is 0 Å². The zero-order valence-electron chi connectivity index (χ0n) is 11.7. The molecule has 2 N–H and O–H groups in total. The summed E-state index contributed by atoms with van der Waals surface area (Å²) in [6.07, 6.45) is 0. The predicted octanol–water partition coefficient (Wildman–Crippen LogP) is 5.18. The summed E-state index contributed by atoms with van der Waals surface area (Å²) in [7, 11) is 0. The van der Waals surface area contributed by atoms with Crippen LogP contribution >= 0.6 is 34.5 Å². The lowest BCUT2D eigenvalue weighted by molar-refractivity contribution is 0.235. The van der Waals surface area contributed by atoms with Crippen LogP contribution in [0.2, 0.25) is 10.0 Å². The Morgan fingerprint density at radius 1 is 1.14 bits per heavy atom. The Labute approximate surface area is 138 Å². The maximum atomic E-state index is 12.0. The van der Waals surface area contributed by atoms with E-state index in [1.807, 2.05) is 37.4 Å². The van der Waals surface area contributed by atoms with Crippen molar-refractivity contribution in [3.05, 3.63) is 56.2 Å². The molecule has 0 aliphatic heterocycles. The molecule has 2 rings (SSSR count). The van der Waals surface area contributed by atoms with Crippen molar-refractivity contribution < 1.29 is 4.79 Å². The summed E-state index contributed by atoms with van der Waals surface area (Å²) >= 11 is 13.6. The average molecular weight is 343 g/mol. The lowest BCUT2D eigenvalue weighted by atomic mass is 10.1. The van der Waals surface area contributed by atoms with Crippen molar-refractivity contribution in [3.63, 3.8) is 0 Å². The summed E-state index contributed by atoms with van der Waals surface area (Å²) in [5, 5.41) is 8.89. The van der Waals surface area contributed by atoms with E-state index in [0.29, 0.717) is 10.0 Å². The van der Waals surface area contributed by atoms with Gasteiger partial charge in [-0.2, -0.15) is 0 Å². The molecule has 0 radical (unpaired) electrons. The molecular formula is C15H16Cl2N2OS. The normalized spacial score (nSPS) is 13.5. The number of amides is 2. The Bertz CT molecular complexity index is 616. The third-order valence-corrected chi connectivity index (χ3v) is 4.71. The van der Waals surface area contributed by atoms with Gasteiger partial charge in [0.2, 0.25) is 0 Å². The van der Waals surface area contributed by atoms with Gasteiger partial charge in [0.25, 0.3) is 0 Å². The number of halogens is 2. The summed E-state index contributed by atoms with van der Waals surface area (Å²) in [5.41, 5.74) is 0.833. The van der Waals surface area contributed by atoms with Crippen LogP contribution in [0, 0.1) is 0 Å². The Morgan fingerprint density at radius 3 is 2.48 bits per heavy atom. The Kier molecular flexibility index (Phi) is 5.51. The lowest BCUT2D eigenvalue weighted by Crippen LogP contribution is -2.38. The second kappa shape index (κ2) is 7.16. The van der Waals surface area contributed by atoms with E-state index in [-0.39, 0.29) is 18.1 Å². The number of hydrogen-bond acceptors (Lipinski definition) is 2. The molecule has 0 saturated heterocycles. The summed E-state index contributed by atoms with van der Waals surface area (Å²) in [6.45, 7) is 3.83. The highest BCUT2D eigenvalue weighted by molar-refractivity contribution is 7.10. The Balaban J connectivity index is 1.96. The minimum atomic E-state index is -0.227. The number of nitrogens with one attached hydrogen (secondary N) is 2. The Hall–Kier alpha value is -1.23. The van der Waals surface area contributed by atoms with E-state index in [4.69, 9.17) is 23.2 Å². The minimum absolute atomic E-state index is 0.0297. The van der Waals surface area contributed by atoms with E-state index in [0.717, 1.165) is 10.4 Å². The maximum absolute atomic E-state index is 12.0. The van der Waals surface area contributed by atoms with E-state index in [1.54, 1.807) is 23.5 Å². The highest BCUT2D eigenvalue weighted by Crippen LogP contribution is 2.26. The third-order valence-electron chi connectivity index (χ3n) is 3.09. The van der Waals surface area contributed by atoms with Gasteiger partial charge in [0.05, 0.1) is 12.1 Å². The van der Waals surface area contributed by atoms with Crippen molar-refractivity contribution in [3.8, 4) is 0 Å². The van der Waals surface area contributed by atoms with Gasteiger partial charge in [-0.05, 0) is 43.0 Å². The number of urea groups is 1. The van der Waals surface area contributed by atoms with Gasteiger partial charge in [0.1, 0.15) is 0 Å². The average Bonchev–Trinajstić information content (AvgIpc) is 2.91. The van der Waals surface area contributed by atoms with Crippen molar-refractivity contribution in [2.45, 2.75) is 25.9 Å². The summed E-state index contributed by atoms with van der Waals surface area (Å²) in [4.78, 5) is 13.1. The van der Waals surface area contributed by atoms with Gasteiger partial charge in [-0.3, -0.25) is 0 Å². The summed E-state index contributed by atoms with van der Waals surface area (Å²) in [6, 6.07) is 8.74. The van der Waals surface area contributed by atoms with E-state index in [9.17, 15) is 4.79 Å². The van der Waals surface area contributed by atoms with E-state index < -0.39 is 0 Å². The smallest absolute Gasteiger partial charge is 0.315 e. The molecule has 2 amide bonds. The quantitative estimate of drug-likeness (QED) is 0.789. The van der Waals surface area contributed by atoms with Gasteiger partial charge >= 0.3 is 6.03 Å². The van der Waals surface area contributed by atoms with Crippen molar-refractivity contribution in [2.75, 3.05) is 0 Å². The molecule has 3 nitrogen and oxygen atoms in total. The van der Waals surface area contributed by atoms with E-state index in [2.05, 4.69) is 10.6 Å². The molecule has 6 heteroatoms. The molecule has 1 aromatic heterocycles. The molecule has 2 atom stereocenters. The standard InChI is InChI=1S/C15H16Cl2N2OS/c1-9(12-6-5-11(16)8-13(12)17)18-15(20)19-10(2)14-4-3-7-21-14/h3-10H,1-2H3,(H2,18,19,20). The van der Waals surface area contributed by atoms with Gasteiger partial charge in [0, 0.05) is 14.9 Å². The topological polar surface area (TPSA) is 41.1 Å². The molecular weight excluding hydrogens is 327 g/mol. The predicted molar refractivity (Wildman–Crippen MR) is 89.3 cm³/mol. The van der Waals surface area contributed by atoms with Crippen LogP contribution in [0.25, 0.3) is 0 Å². The first-order valence-corrected chi connectivity index (χ1v) is 8.16. The molecule has 0 bridgehead atoms. The molecule has 0 fully saturated rings. The fourth-order valence-electron chi connectivity index (χ4n) is 1.97. The van der Waals surface area contributed by atoms with Gasteiger partial charge in [-0.1, -0.05) is 35.3 Å². The second-order valence-electron chi connectivity index (χ2n) is 4.74. The first kappa shape index (κ1) is 16.1. The van der Waals surface area contributed by atoms with Crippen molar-refractivity contribution in [1.29, 1.82) is 0 Å². The van der Waals surface area contributed by atoms with Gasteiger partial charge in [-0.15, -0.1) is 11.3 Å². The van der Waals surface area contributed by atoms with Crippen LogP contribution in [-0.4, -0.2) is 6.03 Å². The van der Waals surface area contributed by atoms with Gasteiger partial charge < -0.3 is 10.6 Å². The zero-order chi connectivity index (χ0) is 15.4. The van der Waals surface area contributed by atoms with Crippen molar-refractivity contribution >= 4 is 40.6 Å². The first-order valence-electron chi connectivity index (χ1n) is 6.52. The molecule has 0 saturated carbocycles. The number of hydrogen-bond donors (Lipinski definition) is 2. The number of carbonyl (C=O) groups is 1. The second-order valence-corrected chi connectivity index (χ2v) is 6.57. The summed E-state index contributed by atoms with van der Waals surface area (Å²) in [5.74, 6) is 0. The minimum Gasteiger partial charge on any atom is -0.332 e. The molecule has 2 unspecified atom stereocenters. The maximum Gasteiger partial charge on any atom is 0.315 e. The molecule has 1 aromatic carbocycles. The van der Waals surface area contributed by atoms with Crippen LogP contribution in [0.4, 0.5) is 4.79 Å². The molecule has 1 heterocycles. The highest BCUT2D eigenvalue weighted by atomic mass is 35.5. The first-order chi connectivity index (χ1) is 9.97. The van der Waals surface area contributed by atoms with Crippen LogP contribution < -0.4 is 10.6 Å².